The van der Waals surface area contributed by atoms with Crippen LogP contribution in [0.25, 0.3) is 0 Å². The average molecular weight is 302 g/mol. The molecule has 0 unspecified atom stereocenters. The first-order valence-corrected chi connectivity index (χ1v) is 7.96. The summed E-state index contributed by atoms with van der Waals surface area (Å²) in [4.78, 5) is -0.484. The number of rotatable bonds is 4. The van der Waals surface area contributed by atoms with Gasteiger partial charge in [0.2, 0.25) is 10.0 Å². The molecule has 0 radical (unpaired) electrons. The van der Waals surface area contributed by atoms with Crippen LogP contribution >= 0.6 is 0 Å². The van der Waals surface area contributed by atoms with Gasteiger partial charge in [-0.15, -0.1) is 0 Å². The third-order valence-corrected chi connectivity index (χ3v) is 4.48. The lowest BCUT2D eigenvalue weighted by atomic mass is 10.4. The maximum absolute atomic E-state index is 12.0. The molecule has 0 spiro atoms. The summed E-state index contributed by atoms with van der Waals surface area (Å²) in [5.74, 6) is 0. The van der Waals surface area contributed by atoms with Crippen molar-refractivity contribution in [3.05, 3.63) is 36.7 Å². The Labute approximate surface area is 109 Å². The van der Waals surface area contributed by atoms with E-state index in [1.165, 1.54) is 30.6 Å². The molecule has 0 saturated heterocycles. The molecule has 0 atom stereocenters. The molecule has 1 aromatic heterocycles. The first kappa shape index (κ1) is 13.5. The van der Waals surface area contributed by atoms with Crippen LogP contribution in [-0.4, -0.2) is 27.0 Å². The van der Waals surface area contributed by atoms with Crippen LogP contribution in [-0.2, 0) is 20.0 Å². The van der Waals surface area contributed by atoms with Gasteiger partial charge in [0, 0.05) is 6.20 Å². The largest absolute Gasteiger partial charge is 0.284 e. The molecule has 1 heterocycles. The fraction of sp³-hybridized carbons (Fsp3) is 0. The predicted octanol–water partition coefficient (Wildman–Crippen LogP) is -0.142. The highest BCUT2D eigenvalue weighted by Crippen LogP contribution is 2.17. The van der Waals surface area contributed by atoms with Crippen LogP contribution in [0.5, 0.6) is 0 Å². The first-order valence-electron chi connectivity index (χ1n) is 4.93. The van der Waals surface area contributed by atoms with E-state index in [4.69, 9.17) is 5.14 Å². The topological polar surface area (TPSA) is 135 Å². The van der Waals surface area contributed by atoms with Crippen LogP contribution in [0, 0.1) is 0 Å². The van der Waals surface area contributed by atoms with Crippen LogP contribution in [0.4, 0.5) is 5.69 Å². The lowest BCUT2D eigenvalue weighted by Gasteiger charge is -2.06. The van der Waals surface area contributed by atoms with Gasteiger partial charge < -0.3 is 0 Å². The zero-order chi connectivity index (χ0) is 14.1. The smallest absolute Gasteiger partial charge is 0.262 e. The molecule has 19 heavy (non-hydrogen) atoms. The van der Waals surface area contributed by atoms with Gasteiger partial charge in [-0.25, -0.2) is 22.0 Å². The quantitative estimate of drug-likeness (QED) is 0.722. The SMILES string of the molecule is NS(=O)(=O)c1cccc(S(=O)(=O)Nc2cn[nH]c2)c1. The van der Waals surface area contributed by atoms with Crippen molar-refractivity contribution in [2.24, 2.45) is 5.14 Å². The van der Waals surface area contributed by atoms with Gasteiger partial charge in [-0.1, -0.05) is 6.07 Å². The minimum atomic E-state index is -3.96. The van der Waals surface area contributed by atoms with Crippen LogP contribution in [0.15, 0.2) is 46.5 Å². The Morgan fingerprint density at radius 2 is 1.84 bits per heavy atom. The second-order valence-corrected chi connectivity index (χ2v) is 6.86. The number of nitrogens with two attached hydrogens (primary N) is 1. The fourth-order valence-corrected chi connectivity index (χ4v) is 3.05. The molecule has 0 aliphatic rings. The zero-order valence-corrected chi connectivity index (χ0v) is 11.1. The molecule has 10 heteroatoms. The molecule has 0 amide bonds. The minimum Gasteiger partial charge on any atom is -0.284 e. The number of hydrogen-bond donors (Lipinski definition) is 3. The number of aromatic nitrogens is 2. The predicted molar refractivity (Wildman–Crippen MR) is 67.2 cm³/mol. The second kappa shape index (κ2) is 4.64. The Morgan fingerprint density at radius 1 is 1.16 bits per heavy atom. The van der Waals surface area contributed by atoms with E-state index in [0.29, 0.717) is 0 Å². The van der Waals surface area contributed by atoms with E-state index in [-0.39, 0.29) is 15.5 Å². The number of aromatic amines is 1. The summed E-state index contributed by atoms with van der Waals surface area (Å²) in [6, 6.07) is 4.75. The van der Waals surface area contributed by atoms with E-state index in [1.54, 1.807) is 0 Å². The Morgan fingerprint density at radius 3 is 2.42 bits per heavy atom. The van der Waals surface area contributed by atoms with E-state index in [9.17, 15) is 16.8 Å². The van der Waals surface area contributed by atoms with Gasteiger partial charge in [-0.05, 0) is 18.2 Å². The van der Waals surface area contributed by atoms with Gasteiger partial charge in [0.1, 0.15) is 0 Å². The standard InChI is InChI=1S/C9H10N4O4S2/c10-18(14,15)8-2-1-3-9(4-8)19(16,17)13-7-5-11-12-6-7/h1-6,13H,(H,11,12)(H2,10,14,15). The van der Waals surface area contributed by atoms with Crippen molar-refractivity contribution in [3.63, 3.8) is 0 Å². The van der Waals surface area contributed by atoms with E-state index in [0.717, 1.165) is 6.07 Å². The number of sulfonamides is 2. The molecule has 0 aliphatic heterocycles. The summed E-state index contributed by atoms with van der Waals surface area (Å²) >= 11 is 0. The number of anilines is 1. The number of nitrogens with zero attached hydrogens (tertiary/aromatic N) is 1. The average Bonchev–Trinajstić information content (AvgIpc) is 2.80. The van der Waals surface area contributed by atoms with E-state index in [1.807, 2.05) is 0 Å². The highest BCUT2D eigenvalue weighted by molar-refractivity contribution is 7.93. The molecule has 4 N–H and O–H groups in total. The molecular weight excluding hydrogens is 292 g/mol. The maximum atomic E-state index is 12.0. The summed E-state index contributed by atoms with van der Waals surface area (Å²) in [5.41, 5.74) is 0.237. The molecule has 8 nitrogen and oxygen atoms in total. The van der Waals surface area contributed by atoms with Crippen LogP contribution in [0.3, 0.4) is 0 Å². The van der Waals surface area contributed by atoms with Crippen molar-refractivity contribution < 1.29 is 16.8 Å². The molecule has 0 bridgehead atoms. The van der Waals surface area contributed by atoms with Gasteiger partial charge in [0.25, 0.3) is 10.0 Å². The lowest BCUT2D eigenvalue weighted by molar-refractivity contribution is 0.597. The third kappa shape index (κ3) is 3.10. The first-order chi connectivity index (χ1) is 8.79. The summed E-state index contributed by atoms with van der Waals surface area (Å²) in [5, 5.41) is 11.0. The third-order valence-electron chi connectivity index (χ3n) is 2.19. The van der Waals surface area contributed by atoms with Crippen molar-refractivity contribution in [2.45, 2.75) is 9.79 Å². The summed E-state index contributed by atoms with van der Waals surface area (Å²) in [7, 11) is -7.85. The van der Waals surface area contributed by atoms with Crippen molar-refractivity contribution in [1.82, 2.24) is 10.2 Å². The second-order valence-electron chi connectivity index (χ2n) is 3.61. The molecule has 0 saturated carbocycles. The molecule has 102 valence electrons. The van der Waals surface area contributed by atoms with Crippen molar-refractivity contribution >= 4 is 25.7 Å². The van der Waals surface area contributed by atoms with E-state index < -0.39 is 20.0 Å². The number of nitrogens with one attached hydrogen (secondary N) is 2. The van der Waals surface area contributed by atoms with Crippen molar-refractivity contribution in [3.8, 4) is 0 Å². The number of H-pyrrole nitrogens is 1. The van der Waals surface area contributed by atoms with Crippen molar-refractivity contribution in [2.75, 3.05) is 4.72 Å². The van der Waals surface area contributed by atoms with E-state index >= 15 is 0 Å². The van der Waals surface area contributed by atoms with E-state index in [2.05, 4.69) is 14.9 Å². The summed E-state index contributed by atoms with van der Waals surface area (Å²) in [6.45, 7) is 0. The van der Waals surface area contributed by atoms with Gasteiger partial charge in [0.05, 0.1) is 21.7 Å². The van der Waals surface area contributed by atoms with Crippen LogP contribution < -0.4 is 9.86 Å². The van der Waals surface area contributed by atoms with Gasteiger partial charge >= 0.3 is 0 Å². The fourth-order valence-electron chi connectivity index (χ4n) is 1.34. The van der Waals surface area contributed by atoms with Crippen LogP contribution in [0.2, 0.25) is 0 Å². The minimum absolute atomic E-state index is 0.208. The molecule has 2 aromatic rings. The molecule has 1 aromatic carbocycles. The van der Waals surface area contributed by atoms with Gasteiger partial charge in [0.15, 0.2) is 0 Å². The number of hydrogen-bond acceptors (Lipinski definition) is 5. The highest BCUT2D eigenvalue weighted by Gasteiger charge is 2.17. The highest BCUT2D eigenvalue weighted by atomic mass is 32.2. The Kier molecular flexibility index (Phi) is 3.30. The molecule has 2 rings (SSSR count). The summed E-state index contributed by atoms with van der Waals surface area (Å²) in [6.07, 6.45) is 2.63. The molecule has 0 aliphatic carbocycles. The number of benzene rings is 1. The van der Waals surface area contributed by atoms with Crippen LogP contribution in [0.1, 0.15) is 0 Å². The van der Waals surface area contributed by atoms with Gasteiger partial charge in [-0.3, -0.25) is 9.82 Å². The van der Waals surface area contributed by atoms with Crippen molar-refractivity contribution in [1.29, 1.82) is 0 Å². The molecular formula is C9H10N4O4S2. The lowest BCUT2D eigenvalue weighted by Crippen LogP contribution is -2.15. The Hall–Kier alpha value is -1.91. The maximum Gasteiger partial charge on any atom is 0.262 e. The monoisotopic (exact) mass is 302 g/mol. The Balaban J connectivity index is 2.41. The van der Waals surface area contributed by atoms with Gasteiger partial charge in [-0.2, -0.15) is 5.10 Å². The normalized spacial score (nSPS) is 12.3. The number of primary sulfonamides is 1. The molecule has 0 fully saturated rings. The summed E-state index contributed by atoms with van der Waals surface area (Å²) < 4.78 is 48.6. The zero-order valence-electron chi connectivity index (χ0n) is 9.44. The Bertz CT molecular complexity index is 781.